The Morgan fingerprint density at radius 1 is 1.19 bits per heavy atom. The van der Waals surface area contributed by atoms with Crippen LogP contribution >= 0.6 is 15.9 Å². The Balaban J connectivity index is 1.58. The van der Waals surface area contributed by atoms with Crippen molar-refractivity contribution < 1.29 is 18.7 Å². The maximum absolute atomic E-state index is 13.0. The van der Waals surface area contributed by atoms with Crippen LogP contribution in [0.4, 0.5) is 10.1 Å². The first kappa shape index (κ1) is 17.8. The molecule has 0 atom stereocenters. The van der Waals surface area contributed by atoms with Gasteiger partial charge in [-0.1, -0.05) is 6.07 Å². The van der Waals surface area contributed by atoms with Crippen LogP contribution in [0.25, 0.3) is 0 Å². The predicted octanol–water partition coefficient (Wildman–Crippen LogP) is 4.19. The molecule has 0 bridgehead atoms. The molecule has 3 rings (SSSR count). The van der Waals surface area contributed by atoms with Gasteiger partial charge in [-0.3, -0.25) is 9.78 Å². The van der Waals surface area contributed by atoms with Crippen LogP contribution in [0.15, 0.2) is 65.5 Å². The van der Waals surface area contributed by atoms with Gasteiger partial charge in [-0.2, -0.15) is 0 Å². The Labute approximate surface area is 157 Å². The first-order chi connectivity index (χ1) is 12.6. The highest BCUT2D eigenvalue weighted by molar-refractivity contribution is 9.10. The van der Waals surface area contributed by atoms with Crippen LogP contribution in [0.2, 0.25) is 0 Å². The Morgan fingerprint density at radius 3 is 2.85 bits per heavy atom. The van der Waals surface area contributed by atoms with Gasteiger partial charge in [0.2, 0.25) is 5.88 Å². The molecule has 0 radical (unpaired) electrons. The number of benzene rings is 2. The average Bonchev–Trinajstić information content (AvgIpc) is 2.62. The van der Waals surface area contributed by atoms with Gasteiger partial charge in [0.05, 0.1) is 10.7 Å². The standard InChI is InChI=1S/C18H13BrFN3O3/c19-15-8-12(20)4-5-16(15)25-11-17(24)23-13-2-1-3-14(9-13)26-18-10-21-6-7-22-18/h1-10H,11H2,(H,23,24). The van der Waals surface area contributed by atoms with E-state index in [9.17, 15) is 9.18 Å². The molecule has 1 aromatic heterocycles. The van der Waals surface area contributed by atoms with Crippen molar-refractivity contribution >= 4 is 27.5 Å². The van der Waals surface area contributed by atoms with E-state index < -0.39 is 5.82 Å². The lowest BCUT2D eigenvalue weighted by Crippen LogP contribution is -2.20. The summed E-state index contributed by atoms with van der Waals surface area (Å²) in [5, 5.41) is 2.70. The zero-order valence-electron chi connectivity index (χ0n) is 13.4. The summed E-state index contributed by atoms with van der Waals surface area (Å²) in [5.41, 5.74) is 0.540. The molecular formula is C18H13BrFN3O3. The number of amides is 1. The monoisotopic (exact) mass is 417 g/mol. The van der Waals surface area contributed by atoms with E-state index >= 15 is 0 Å². The van der Waals surface area contributed by atoms with Crippen molar-refractivity contribution in [2.24, 2.45) is 0 Å². The molecule has 26 heavy (non-hydrogen) atoms. The highest BCUT2D eigenvalue weighted by atomic mass is 79.9. The molecule has 0 aliphatic rings. The maximum atomic E-state index is 13.0. The molecule has 1 heterocycles. The number of hydrogen-bond acceptors (Lipinski definition) is 5. The van der Waals surface area contributed by atoms with E-state index in [1.807, 2.05) is 0 Å². The summed E-state index contributed by atoms with van der Waals surface area (Å²) >= 11 is 3.18. The molecule has 0 aliphatic heterocycles. The van der Waals surface area contributed by atoms with E-state index in [1.54, 1.807) is 30.5 Å². The first-order valence-corrected chi connectivity index (χ1v) is 8.31. The quantitative estimate of drug-likeness (QED) is 0.650. The van der Waals surface area contributed by atoms with Crippen molar-refractivity contribution in [1.82, 2.24) is 9.97 Å². The summed E-state index contributed by atoms with van der Waals surface area (Å²) in [6, 6.07) is 10.8. The number of halogens is 2. The molecule has 8 heteroatoms. The van der Waals surface area contributed by atoms with E-state index in [2.05, 4.69) is 31.2 Å². The van der Waals surface area contributed by atoms with Gasteiger partial charge in [0.25, 0.3) is 5.91 Å². The maximum Gasteiger partial charge on any atom is 0.262 e. The molecule has 0 unspecified atom stereocenters. The number of carbonyl (C=O) groups is 1. The number of aromatic nitrogens is 2. The first-order valence-electron chi connectivity index (χ1n) is 7.52. The fraction of sp³-hybridized carbons (Fsp3) is 0.0556. The third kappa shape index (κ3) is 5.00. The molecule has 1 N–H and O–H groups in total. The van der Waals surface area contributed by atoms with Crippen LogP contribution in [0.5, 0.6) is 17.4 Å². The van der Waals surface area contributed by atoms with Crippen molar-refractivity contribution in [3.05, 3.63) is 71.3 Å². The Bertz CT molecular complexity index is 909. The minimum absolute atomic E-state index is 0.223. The van der Waals surface area contributed by atoms with Crippen LogP contribution in [0.1, 0.15) is 0 Å². The Kier molecular flexibility index (Phi) is 5.75. The van der Waals surface area contributed by atoms with Gasteiger partial charge in [-0.05, 0) is 46.3 Å². The summed E-state index contributed by atoms with van der Waals surface area (Å²) in [7, 11) is 0. The van der Waals surface area contributed by atoms with Crippen LogP contribution in [-0.4, -0.2) is 22.5 Å². The van der Waals surface area contributed by atoms with Gasteiger partial charge in [-0.15, -0.1) is 0 Å². The van der Waals surface area contributed by atoms with E-state index in [1.165, 1.54) is 30.6 Å². The van der Waals surface area contributed by atoms with E-state index in [-0.39, 0.29) is 12.5 Å². The highest BCUT2D eigenvalue weighted by Gasteiger charge is 2.08. The van der Waals surface area contributed by atoms with E-state index in [0.29, 0.717) is 27.5 Å². The second-order valence-electron chi connectivity index (χ2n) is 5.09. The van der Waals surface area contributed by atoms with Crippen LogP contribution in [0.3, 0.4) is 0 Å². The van der Waals surface area contributed by atoms with Crippen molar-refractivity contribution in [2.45, 2.75) is 0 Å². The normalized spacial score (nSPS) is 10.2. The SMILES string of the molecule is O=C(COc1ccc(F)cc1Br)Nc1cccc(Oc2cnccn2)c1. The van der Waals surface area contributed by atoms with E-state index in [0.717, 1.165) is 0 Å². The van der Waals surface area contributed by atoms with Crippen molar-refractivity contribution in [3.8, 4) is 17.4 Å². The highest BCUT2D eigenvalue weighted by Crippen LogP contribution is 2.25. The molecule has 0 saturated carbocycles. The third-order valence-electron chi connectivity index (χ3n) is 3.13. The number of carbonyl (C=O) groups excluding carboxylic acids is 1. The van der Waals surface area contributed by atoms with Crippen molar-refractivity contribution in [3.63, 3.8) is 0 Å². The fourth-order valence-corrected chi connectivity index (χ4v) is 2.49. The summed E-state index contributed by atoms with van der Waals surface area (Å²) < 4.78 is 24.4. The summed E-state index contributed by atoms with van der Waals surface area (Å²) in [6.07, 6.45) is 4.55. The number of ether oxygens (including phenoxy) is 2. The molecule has 0 aliphatic carbocycles. The number of nitrogens with one attached hydrogen (secondary N) is 1. The van der Waals surface area contributed by atoms with Crippen LogP contribution < -0.4 is 14.8 Å². The van der Waals surface area contributed by atoms with Gasteiger partial charge in [0.1, 0.15) is 17.3 Å². The molecule has 2 aromatic carbocycles. The minimum atomic E-state index is -0.395. The summed E-state index contributed by atoms with van der Waals surface area (Å²) in [4.78, 5) is 20.0. The van der Waals surface area contributed by atoms with Gasteiger partial charge in [-0.25, -0.2) is 9.37 Å². The second kappa shape index (κ2) is 8.39. The molecular weight excluding hydrogens is 405 g/mol. The minimum Gasteiger partial charge on any atom is -0.483 e. The van der Waals surface area contributed by atoms with Gasteiger partial charge in [0, 0.05) is 24.1 Å². The Hall–Kier alpha value is -3.00. The number of rotatable bonds is 6. The van der Waals surface area contributed by atoms with Gasteiger partial charge < -0.3 is 14.8 Å². The zero-order chi connectivity index (χ0) is 18.4. The number of nitrogens with zero attached hydrogens (tertiary/aromatic N) is 2. The zero-order valence-corrected chi connectivity index (χ0v) is 14.9. The van der Waals surface area contributed by atoms with Gasteiger partial charge in [0.15, 0.2) is 6.61 Å². The summed E-state index contributed by atoms with van der Waals surface area (Å²) in [6.45, 7) is -0.223. The molecule has 132 valence electrons. The van der Waals surface area contributed by atoms with Crippen LogP contribution in [0, 0.1) is 5.82 Å². The molecule has 1 amide bonds. The molecule has 6 nitrogen and oxygen atoms in total. The lowest BCUT2D eigenvalue weighted by Gasteiger charge is -2.10. The molecule has 0 fully saturated rings. The third-order valence-corrected chi connectivity index (χ3v) is 3.75. The number of hydrogen-bond donors (Lipinski definition) is 1. The average molecular weight is 418 g/mol. The van der Waals surface area contributed by atoms with Crippen molar-refractivity contribution in [1.29, 1.82) is 0 Å². The second-order valence-corrected chi connectivity index (χ2v) is 5.94. The lowest BCUT2D eigenvalue weighted by atomic mass is 10.3. The topological polar surface area (TPSA) is 73.3 Å². The van der Waals surface area contributed by atoms with Crippen LogP contribution in [-0.2, 0) is 4.79 Å². The van der Waals surface area contributed by atoms with Crippen molar-refractivity contribution in [2.75, 3.05) is 11.9 Å². The van der Waals surface area contributed by atoms with E-state index in [4.69, 9.17) is 9.47 Å². The smallest absolute Gasteiger partial charge is 0.262 e. The fourth-order valence-electron chi connectivity index (χ4n) is 2.03. The Morgan fingerprint density at radius 2 is 2.08 bits per heavy atom. The molecule has 0 spiro atoms. The summed E-state index contributed by atoms with van der Waals surface area (Å²) in [5.74, 6) is 0.471. The predicted molar refractivity (Wildman–Crippen MR) is 96.8 cm³/mol. The van der Waals surface area contributed by atoms with Gasteiger partial charge >= 0.3 is 0 Å². The largest absolute Gasteiger partial charge is 0.483 e. The molecule has 3 aromatic rings. The number of anilines is 1. The lowest BCUT2D eigenvalue weighted by molar-refractivity contribution is -0.118. The molecule has 0 saturated heterocycles.